The molecule has 200 valence electrons. The second kappa shape index (κ2) is 11.9. The zero-order valence-corrected chi connectivity index (χ0v) is 20.9. The summed E-state index contributed by atoms with van der Waals surface area (Å²) in [5.41, 5.74) is -2.56. The fraction of sp³-hybridized carbons (Fsp3) is 0.500. The van der Waals surface area contributed by atoms with Crippen molar-refractivity contribution >= 4 is 18.3 Å². The molecular formula is C26H31ClF6N2O. The van der Waals surface area contributed by atoms with E-state index in [-0.39, 0.29) is 41.9 Å². The van der Waals surface area contributed by atoms with Gasteiger partial charge >= 0.3 is 12.4 Å². The molecule has 0 bridgehead atoms. The molecular weight excluding hydrogens is 506 g/mol. The molecule has 1 amide bonds. The third-order valence-electron chi connectivity index (χ3n) is 6.90. The minimum atomic E-state index is -4.93. The van der Waals surface area contributed by atoms with E-state index in [2.05, 4.69) is 10.6 Å². The van der Waals surface area contributed by atoms with Gasteiger partial charge in [0.05, 0.1) is 16.5 Å². The highest BCUT2D eigenvalue weighted by Gasteiger charge is 2.47. The van der Waals surface area contributed by atoms with Gasteiger partial charge in [0.25, 0.3) is 0 Å². The molecule has 1 aliphatic rings. The summed E-state index contributed by atoms with van der Waals surface area (Å²) >= 11 is 0. The number of amides is 1. The van der Waals surface area contributed by atoms with Crippen LogP contribution in [0.1, 0.15) is 55.4 Å². The molecule has 2 N–H and O–H groups in total. The summed E-state index contributed by atoms with van der Waals surface area (Å²) < 4.78 is 78.8. The Morgan fingerprint density at radius 2 is 1.56 bits per heavy atom. The summed E-state index contributed by atoms with van der Waals surface area (Å²) in [6.07, 6.45) is -7.10. The lowest BCUT2D eigenvalue weighted by atomic mass is 9.74. The van der Waals surface area contributed by atoms with Gasteiger partial charge in [-0.2, -0.15) is 26.3 Å². The highest BCUT2D eigenvalue weighted by atomic mass is 35.5. The van der Waals surface area contributed by atoms with Crippen LogP contribution in [0.25, 0.3) is 0 Å². The average Bonchev–Trinajstić information content (AvgIpc) is 3.22. The maximum atomic E-state index is 13.2. The summed E-state index contributed by atoms with van der Waals surface area (Å²) in [7, 11) is 0. The Hall–Kier alpha value is -2.26. The molecule has 0 aliphatic heterocycles. The standard InChI is InChI=1S/C26H30F6N2O.ClH/c1-17(2)24(10-8-22(15-24)33-11-9-18-6-4-3-5-7-18)23(35)34-16-19-12-20(25(27,28)29)14-21(13-19)26(30,31)32;/h3-7,12-14,17,22,33H,8-11,15-16H2,1-2H3,(H,34,35);1H/t22-,24+;/m1./s1. The molecule has 2 aromatic rings. The van der Waals surface area contributed by atoms with Crippen molar-refractivity contribution in [1.29, 1.82) is 0 Å². The van der Waals surface area contributed by atoms with Crippen molar-refractivity contribution < 1.29 is 31.1 Å². The summed E-state index contributed by atoms with van der Waals surface area (Å²) in [4.78, 5) is 13.2. The Balaban J connectivity index is 0.00000456. The van der Waals surface area contributed by atoms with Crippen molar-refractivity contribution in [2.75, 3.05) is 6.54 Å². The van der Waals surface area contributed by atoms with Crippen molar-refractivity contribution in [3.63, 3.8) is 0 Å². The van der Waals surface area contributed by atoms with E-state index in [1.165, 1.54) is 5.56 Å². The predicted molar refractivity (Wildman–Crippen MR) is 129 cm³/mol. The van der Waals surface area contributed by atoms with Crippen molar-refractivity contribution in [2.24, 2.45) is 11.3 Å². The first-order valence-electron chi connectivity index (χ1n) is 11.7. The second-order valence-electron chi connectivity index (χ2n) is 9.54. The molecule has 0 aromatic heterocycles. The van der Waals surface area contributed by atoms with E-state index in [4.69, 9.17) is 0 Å². The molecule has 10 heteroatoms. The van der Waals surface area contributed by atoms with E-state index in [1.807, 2.05) is 44.2 Å². The normalized spacial score (nSPS) is 20.3. The van der Waals surface area contributed by atoms with Crippen LogP contribution in [0, 0.1) is 11.3 Å². The quantitative estimate of drug-likeness (QED) is 0.365. The van der Waals surface area contributed by atoms with Crippen molar-refractivity contribution in [1.82, 2.24) is 10.6 Å². The van der Waals surface area contributed by atoms with Gasteiger partial charge in [0.15, 0.2) is 0 Å². The number of carbonyl (C=O) groups excluding carboxylic acids is 1. The van der Waals surface area contributed by atoms with E-state index in [9.17, 15) is 31.1 Å². The fourth-order valence-corrected chi connectivity index (χ4v) is 4.79. The van der Waals surface area contributed by atoms with Crippen LogP contribution >= 0.6 is 12.4 Å². The van der Waals surface area contributed by atoms with Crippen molar-refractivity contribution in [3.8, 4) is 0 Å². The lowest BCUT2D eigenvalue weighted by Crippen LogP contribution is -2.44. The molecule has 0 unspecified atom stereocenters. The van der Waals surface area contributed by atoms with Crippen LogP contribution in [-0.4, -0.2) is 18.5 Å². The van der Waals surface area contributed by atoms with Gasteiger partial charge in [-0.1, -0.05) is 44.2 Å². The topological polar surface area (TPSA) is 41.1 Å². The molecule has 3 nitrogen and oxygen atoms in total. The van der Waals surface area contributed by atoms with Crippen LogP contribution < -0.4 is 10.6 Å². The van der Waals surface area contributed by atoms with Crippen LogP contribution in [0.3, 0.4) is 0 Å². The number of hydrogen-bond donors (Lipinski definition) is 2. The number of hydrogen-bond acceptors (Lipinski definition) is 2. The first-order valence-corrected chi connectivity index (χ1v) is 11.7. The zero-order valence-electron chi connectivity index (χ0n) is 20.1. The molecule has 1 fully saturated rings. The number of nitrogens with one attached hydrogen (secondary N) is 2. The molecule has 0 heterocycles. The van der Waals surface area contributed by atoms with Gasteiger partial charge in [-0.3, -0.25) is 4.79 Å². The lowest BCUT2D eigenvalue weighted by molar-refractivity contribution is -0.143. The highest BCUT2D eigenvalue weighted by molar-refractivity contribution is 5.85. The summed E-state index contributed by atoms with van der Waals surface area (Å²) in [5, 5.41) is 6.11. The van der Waals surface area contributed by atoms with E-state index >= 15 is 0 Å². The smallest absolute Gasteiger partial charge is 0.352 e. The Labute approximate surface area is 213 Å². The third-order valence-corrected chi connectivity index (χ3v) is 6.90. The second-order valence-corrected chi connectivity index (χ2v) is 9.54. The summed E-state index contributed by atoms with van der Waals surface area (Å²) in [6.45, 7) is 4.16. The number of alkyl halides is 6. The van der Waals surface area contributed by atoms with Gasteiger partial charge in [-0.25, -0.2) is 0 Å². The maximum Gasteiger partial charge on any atom is 0.416 e. The van der Waals surface area contributed by atoms with Crippen molar-refractivity contribution in [2.45, 2.75) is 64.5 Å². The molecule has 1 saturated carbocycles. The van der Waals surface area contributed by atoms with Gasteiger partial charge in [0, 0.05) is 12.6 Å². The third kappa shape index (κ3) is 7.38. The molecule has 0 radical (unpaired) electrons. The molecule has 0 spiro atoms. The van der Waals surface area contributed by atoms with E-state index in [0.717, 1.165) is 19.4 Å². The first kappa shape index (κ1) is 30.0. The largest absolute Gasteiger partial charge is 0.416 e. The van der Waals surface area contributed by atoms with Gasteiger partial charge < -0.3 is 10.6 Å². The van der Waals surface area contributed by atoms with Gasteiger partial charge in [0.2, 0.25) is 5.91 Å². The van der Waals surface area contributed by atoms with E-state index in [0.29, 0.717) is 25.0 Å². The van der Waals surface area contributed by atoms with Crippen LogP contribution in [0.2, 0.25) is 0 Å². The number of benzene rings is 2. The highest BCUT2D eigenvalue weighted by Crippen LogP contribution is 2.45. The van der Waals surface area contributed by atoms with Crippen molar-refractivity contribution in [3.05, 3.63) is 70.8 Å². The Bertz CT molecular complexity index is 977. The Kier molecular flexibility index (Phi) is 9.87. The SMILES string of the molecule is CC(C)[C@]1(C(=O)NCc2cc(C(F)(F)F)cc(C(F)(F)F)c2)CC[C@@H](NCCc2ccccc2)C1.Cl. The molecule has 1 aliphatic carbocycles. The summed E-state index contributed by atoms with van der Waals surface area (Å²) in [5.74, 6) is -0.388. The fourth-order valence-electron chi connectivity index (χ4n) is 4.79. The predicted octanol–water partition coefficient (Wildman–Crippen LogP) is 6.79. The molecule has 36 heavy (non-hydrogen) atoms. The minimum Gasteiger partial charge on any atom is -0.352 e. The number of halogens is 7. The van der Waals surface area contributed by atoms with Crippen LogP contribution in [0.5, 0.6) is 0 Å². The average molecular weight is 537 g/mol. The summed E-state index contributed by atoms with van der Waals surface area (Å²) in [6, 6.07) is 11.5. The first-order chi connectivity index (χ1) is 16.3. The monoisotopic (exact) mass is 536 g/mol. The maximum absolute atomic E-state index is 13.2. The number of rotatable bonds is 8. The van der Waals surface area contributed by atoms with Gasteiger partial charge in [-0.05, 0) is 67.5 Å². The number of carbonyl (C=O) groups is 1. The van der Waals surface area contributed by atoms with E-state index < -0.39 is 35.4 Å². The minimum absolute atomic E-state index is 0. The molecule has 2 aromatic carbocycles. The molecule has 0 saturated heterocycles. The van der Waals surface area contributed by atoms with Gasteiger partial charge in [-0.15, -0.1) is 12.4 Å². The molecule has 2 atom stereocenters. The Morgan fingerprint density at radius 1 is 0.972 bits per heavy atom. The van der Waals surface area contributed by atoms with Crippen LogP contribution in [0.4, 0.5) is 26.3 Å². The lowest BCUT2D eigenvalue weighted by Gasteiger charge is -2.32. The zero-order chi connectivity index (χ0) is 25.9. The molecule has 3 rings (SSSR count). The van der Waals surface area contributed by atoms with Gasteiger partial charge in [0.1, 0.15) is 0 Å². The van der Waals surface area contributed by atoms with Crippen LogP contribution in [-0.2, 0) is 30.1 Å². The van der Waals surface area contributed by atoms with Crippen LogP contribution in [0.15, 0.2) is 48.5 Å². The Morgan fingerprint density at radius 3 is 2.08 bits per heavy atom. The van der Waals surface area contributed by atoms with E-state index in [1.54, 1.807) is 0 Å².